The zero-order chi connectivity index (χ0) is 20.9. The Morgan fingerprint density at radius 3 is 2.45 bits per heavy atom. The number of aliphatic imine (C=N–C) groups is 1. The Morgan fingerprint density at radius 1 is 1.14 bits per heavy atom. The van der Waals surface area contributed by atoms with Crippen LogP contribution in [0.2, 0.25) is 0 Å². The summed E-state index contributed by atoms with van der Waals surface area (Å²) in [6.07, 6.45) is 2.28. The number of guanidine groups is 1. The summed E-state index contributed by atoms with van der Waals surface area (Å²) in [6, 6.07) is 6.01. The summed E-state index contributed by atoms with van der Waals surface area (Å²) in [4.78, 5) is 15.8. The summed E-state index contributed by atoms with van der Waals surface area (Å²) in [5.74, 6) is 2.45. The second kappa shape index (κ2) is 15.2. The highest BCUT2D eigenvalue weighted by Gasteiger charge is 2.10. The molecule has 0 aliphatic heterocycles. The molecule has 8 heteroatoms. The molecule has 0 bridgehead atoms. The number of methoxy groups -OCH3 is 1. The predicted molar refractivity (Wildman–Crippen MR) is 129 cm³/mol. The van der Waals surface area contributed by atoms with Crippen LogP contribution in [0, 0.1) is 5.92 Å². The number of rotatable bonds is 11. The SMILES string of the molecule is CCNC(=O)COc1ccc(CNC(=NC)NC(C)CCC(C)C)cc1OC.I. The molecule has 1 aromatic carbocycles. The van der Waals surface area contributed by atoms with Crippen LogP contribution in [0.1, 0.15) is 46.1 Å². The van der Waals surface area contributed by atoms with Crippen molar-refractivity contribution in [3.8, 4) is 11.5 Å². The van der Waals surface area contributed by atoms with Crippen molar-refractivity contribution in [1.29, 1.82) is 0 Å². The second-order valence-electron chi connectivity index (χ2n) is 7.17. The molecule has 1 unspecified atom stereocenters. The maximum Gasteiger partial charge on any atom is 0.257 e. The third-order valence-corrected chi connectivity index (χ3v) is 4.20. The van der Waals surface area contributed by atoms with Crippen molar-refractivity contribution in [2.45, 2.75) is 53.1 Å². The zero-order valence-corrected chi connectivity index (χ0v) is 20.8. The third kappa shape index (κ3) is 11.2. The number of halogens is 1. The van der Waals surface area contributed by atoms with E-state index < -0.39 is 0 Å². The van der Waals surface area contributed by atoms with Crippen molar-refractivity contribution in [3.05, 3.63) is 23.8 Å². The lowest BCUT2D eigenvalue weighted by Crippen LogP contribution is -2.41. The van der Waals surface area contributed by atoms with Crippen molar-refractivity contribution < 1.29 is 14.3 Å². The second-order valence-corrected chi connectivity index (χ2v) is 7.17. The molecular weight excluding hydrogens is 483 g/mol. The van der Waals surface area contributed by atoms with Gasteiger partial charge in [-0.2, -0.15) is 0 Å². The standard InChI is InChI=1S/C21H36N4O3.HI/c1-7-23-20(26)14-28-18-11-10-17(12-19(18)27-6)13-24-21(22-5)25-16(4)9-8-15(2)3;/h10-12,15-16H,7-9,13-14H2,1-6H3,(H,23,26)(H2,22,24,25);1H. The molecular formula is C21H37IN4O3. The fourth-order valence-electron chi connectivity index (χ4n) is 2.60. The number of hydrogen-bond donors (Lipinski definition) is 3. The molecule has 1 atom stereocenters. The first-order valence-corrected chi connectivity index (χ1v) is 9.93. The molecule has 0 aliphatic carbocycles. The van der Waals surface area contributed by atoms with E-state index in [0.717, 1.165) is 17.9 Å². The first-order chi connectivity index (χ1) is 13.4. The van der Waals surface area contributed by atoms with E-state index in [0.29, 0.717) is 36.5 Å². The van der Waals surface area contributed by atoms with E-state index in [9.17, 15) is 4.79 Å². The van der Waals surface area contributed by atoms with Gasteiger partial charge in [-0.25, -0.2) is 0 Å². The Morgan fingerprint density at radius 2 is 1.86 bits per heavy atom. The van der Waals surface area contributed by atoms with Gasteiger partial charge in [0.1, 0.15) is 0 Å². The quantitative estimate of drug-likeness (QED) is 0.237. The molecule has 1 amide bonds. The number of ether oxygens (including phenoxy) is 2. The minimum Gasteiger partial charge on any atom is -0.493 e. The van der Waals surface area contributed by atoms with E-state index in [1.165, 1.54) is 6.42 Å². The average molecular weight is 520 g/mol. The van der Waals surface area contributed by atoms with Gasteiger partial charge in [-0.3, -0.25) is 9.79 Å². The summed E-state index contributed by atoms with van der Waals surface area (Å²) < 4.78 is 10.9. The molecule has 0 saturated heterocycles. The van der Waals surface area contributed by atoms with Crippen LogP contribution in [0.15, 0.2) is 23.2 Å². The van der Waals surface area contributed by atoms with E-state index in [4.69, 9.17) is 9.47 Å². The van der Waals surface area contributed by atoms with Crippen LogP contribution in [-0.2, 0) is 11.3 Å². The van der Waals surface area contributed by atoms with Crippen molar-refractivity contribution in [3.63, 3.8) is 0 Å². The highest BCUT2D eigenvalue weighted by Crippen LogP contribution is 2.28. The van der Waals surface area contributed by atoms with Gasteiger partial charge in [-0.05, 0) is 50.3 Å². The van der Waals surface area contributed by atoms with Gasteiger partial charge in [0.25, 0.3) is 5.91 Å². The van der Waals surface area contributed by atoms with E-state index >= 15 is 0 Å². The summed E-state index contributed by atoms with van der Waals surface area (Å²) >= 11 is 0. The van der Waals surface area contributed by atoms with Crippen LogP contribution in [0.3, 0.4) is 0 Å². The Balaban J connectivity index is 0.00000784. The molecule has 3 N–H and O–H groups in total. The van der Waals surface area contributed by atoms with Crippen LogP contribution in [0.4, 0.5) is 0 Å². The highest BCUT2D eigenvalue weighted by atomic mass is 127. The number of likely N-dealkylation sites (N-methyl/N-ethyl adjacent to an activating group) is 1. The van der Waals surface area contributed by atoms with Gasteiger partial charge in [-0.1, -0.05) is 19.9 Å². The van der Waals surface area contributed by atoms with Crippen molar-refractivity contribution in [2.24, 2.45) is 10.9 Å². The van der Waals surface area contributed by atoms with E-state index in [2.05, 4.69) is 41.7 Å². The third-order valence-electron chi connectivity index (χ3n) is 4.20. The molecule has 0 spiro atoms. The highest BCUT2D eigenvalue weighted by molar-refractivity contribution is 14.0. The normalized spacial score (nSPS) is 12.0. The topological polar surface area (TPSA) is 84.0 Å². The first kappa shape index (κ1) is 27.3. The van der Waals surface area contributed by atoms with Gasteiger partial charge in [0, 0.05) is 26.2 Å². The van der Waals surface area contributed by atoms with E-state index in [1.54, 1.807) is 14.2 Å². The summed E-state index contributed by atoms with van der Waals surface area (Å²) in [5.41, 5.74) is 1.03. The molecule has 7 nitrogen and oxygen atoms in total. The minimum absolute atomic E-state index is 0. The average Bonchev–Trinajstić information content (AvgIpc) is 2.68. The number of nitrogens with one attached hydrogen (secondary N) is 3. The van der Waals surface area contributed by atoms with Crippen molar-refractivity contribution in [1.82, 2.24) is 16.0 Å². The van der Waals surface area contributed by atoms with Gasteiger partial charge in [-0.15, -0.1) is 24.0 Å². The lowest BCUT2D eigenvalue weighted by atomic mass is 10.0. The predicted octanol–water partition coefficient (Wildman–Crippen LogP) is 3.32. The van der Waals surface area contributed by atoms with Crippen LogP contribution in [-0.4, -0.2) is 45.2 Å². The summed E-state index contributed by atoms with van der Waals surface area (Å²) in [5, 5.41) is 9.44. The minimum atomic E-state index is -0.156. The molecule has 0 fully saturated rings. The number of amides is 1. The maximum absolute atomic E-state index is 11.6. The monoisotopic (exact) mass is 520 g/mol. The smallest absolute Gasteiger partial charge is 0.257 e. The zero-order valence-electron chi connectivity index (χ0n) is 18.5. The summed E-state index contributed by atoms with van der Waals surface area (Å²) in [6.45, 7) is 9.65. The Labute approximate surface area is 192 Å². The molecule has 1 aromatic rings. The lowest BCUT2D eigenvalue weighted by molar-refractivity contribution is -0.123. The molecule has 0 saturated carbocycles. The molecule has 1 rings (SSSR count). The Hall–Kier alpha value is -1.71. The molecule has 0 radical (unpaired) electrons. The molecule has 29 heavy (non-hydrogen) atoms. The van der Waals surface area contributed by atoms with Gasteiger partial charge >= 0.3 is 0 Å². The number of benzene rings is 1. The number of hydrogen-bond acceptors (Lipinski definition) is 4. The van der Waals surface area contributed by atoms with Crippen LogP contribution in [0.5, 0.6) is 11.5 Å². The Bertz CT molecular complexity index is 638. The number of carbonyl (C=O) groups is 1. The van der Waals surface area contributed by atoms with Crippen molar-refractivity contribution >= 4 is 35.8 Å². The fraction of sp³-hybridized carbons (Fsp3) is 0.619. The van der Waals surface area contributed by atoms with Gasteiger partial charge in [0.05, 0.1) is 7.11 Å². The van der Waals surface area contributed by atoms with E-state index in [-0.39, 0.29) is 36.5 Å². The Kier molecular flexibility index (Phi) is 14.3. The maximum atomic E-state index is 11.6. The molecule has 0 heterocycles. The lowest BCUT2D eigenvalue weighted by Gasteiger charge is -2.19. The van der Waals surface area contributed by atoms with Crippen LogP contribution in [0.25, 0.3) is 0 Å². The summed E-state index contributed by atoms with van der Waals surface area (Å²) in [7, 11) is 3.35. The largest absolute Gasteiger partial charge is 0.493 e. The van der Waals surface area contributed by atoms with E-state index in [1.807, 2.05) is 25.1 Å². The fourth-order valence-corrected chi connectivity index (χ4v) is 2.60. The van der Waals surface area contributed by atoms with Gasteiger partial charge in [0.15, 0.2) is 24.1 Å². The molecule has 166 valence electrons. The first-order valence-electron chi connectivity index (χ1n) is 9.93. The molecule has 0 aromatic heterocycles. The number of carbonyl (C=O) groups excluding carboxylic acids is 1. The van der Waals surface area contributed by atoms with Crippen molar-refractivity contribution in [2.75, 3.05) is 27.3 Å². The number of nitrogens with zero attached hydrogens (tertiary/aromatic N) is 1. The van der Waals surface area contributed by atoms with Gasteiger partial charge in [0.2, 0.25) is 0 Å². The molecule has 0 aliphatic rings. The van der Waals surface area contributed by atoms with Crippen LogP contribution < -0.4 is 25.4 Å². The van der Waals surface area contributed by atoms with Gasteiger partial charge < -0.3 is 25.4 Å². The van der Waals surface area contributed by atoms with Crippen LogP contribution >= 0.6 is 24.0 Å².